The second-order valence-corrected chi connectivity index (χ2v) is 6.53. The van der Waals surface area contributed by atoms with Crippen molar-refractivity contribution in [1.29, 1.82) is 0 Å². The molecule has 6 heteroatoms. The number of nitrogens with zero attached hydrogens (tertiary/aromatic N) is 3. The van der Waals surface area contributed by atoms with Crippen LogP contribution in [0, 0.1) is 0 Å². The maximum Gasteiger partial charge on any atom is 0.125 e. The smallest absolute Gasteiger partial charge is 0.125 e. The van der Waals surface area contributed by atoms with Crippen LogP contribution in [0.15, 0.2) is 30.3 Å². The Hall–Kier alpha value is -1.56. The van der Waals surface area contributed by atoms with Gasteiger partial charge in [-0.05, 0) is 45.1 Å². The average Bonchev–Trinajstić information content (AvgIpc) is 2.93. The van der Waals surface area contributed by atoms with Crippen LogP contribution in [0.1, 0.15) is 12.8 Å². The van der Waals surface area contributed by atoms with E-state index < -0.39 is 0 Å². The molecule has 0 saturated carbocycles. The molecule has 0 radical (unpaired) electrons. The minimum Gasteiger partial charge on any atom is -0.394 e. The number of aromatic nitrogens is 2. The van der Waals surface area contributed by atoms with Crippen LogP contribution in [0.5, 0.6) is 0 Å². The second kappa shape index (κ2) is 7.34. The summed E-state index contributed by atoms with van der Waals surface area (Å²) >= 11 is 5.95. The first-order valence-electron chi connectivity index (χ1n) is 8.05. The molecule has 5 nitrogen and oxygen atoms in total. The number of halogens is 1. The molecule has 0 atom stereocenters. The van der Waals surface area contributed by atoms with E-state index in [0.717, 1.165) is 43.0 Å². The molecule has 0 aliphatic carbocycles. The van der Waals surface area contributed by atoms with Crippen LogP contribution >= 0.6 is 11.6 Å². The Morgan fingerprint density at radius 3 is 2.61 bits per heavy atom. The maximum absolute atomic E-state index is 9.29. The van der Waals surface area contributed by atoms with Gasteiger partial charge in [0.15, 0.2) is 0 Å². The summed E-state index contributed by atoms with van der Waals surface area (Å²) in [5, 5.41) is 18.2. The minimum atomic E-state index is 0.0732. The van der Waals surface area contributed by atoms with Gasteiger partial charge in [-0.1, -0.05) is 23.7 Å². The number of hydrogen-bond acceptors (Lipinski definition) is 4. The normalized spacial score (nSPS) is 16.7. The molecule has 1 aromatic carbocycles. The predicted octanol–water partition coefficient (Wildman–Crippen LogP) is 2.70. The summed E-state index contributed by atoms with van der Waals surface area (Å²) in [4.78, 5) is 2.35. The van der Waals surface area contributed by atoms with Crippen molar-refractivity contribution < 1.29 is 5.11 Å². The summed E-state index contributed by atoms with van der Waals surface area (Å²) < 4.78 is 1.85. The number of aliphatic hydroxyl groups excluding tert-OH is 1. The molecule has 124 valence electrons. The van der Waals surface area contributed by atoms with E-state index in [1.807, 2.05) is 28.9 Å². The molecule has 2 heterocycles. The van der Waals surface area contributed by atoms with E-state index in [2.05, 4.69) is 28.4 Å². The van der Waals surface area contributed by atoms with E-state index in [-0.39, 0.29) is 6.61 Å². The zero-order chi connectivity index (χ0) is 16.2. The highest BCUT2D eigenvalue weighted by Crippen LogP contribution is 2.25. The van der Waals surface area contributed by atoms with E-state index in [0.29, 0.717) is 17.6 Å². The number of anilines is 1. The summed E-state index contributed by atoms with van der Waals surface area (Å²) in [6, 6.07) is 10.2. The van der Waals surface area contributed by atoms with Gasteiger partial charge in [0.1, 0.15) is 5.82 Å². The molecule has 1 aromatic heterocycles. The van der Waals surface area contributed by atoms with Gasteiger partial charge in [0.05, 0.1) is 18.8 Å². The van der Waals surface area contributed by atoms with Crippen molar-refractivity contribution in [2.24, 2.45) is 0 Å². The Kier molecular flexibility index (Phi) is 5.20. The van der Waals surface area contributed by atoms with E-state index in [4.69, 9.17) is 11.6 Å². The Morgan fingerprint density at radius 2 is 1.96 bits per heavy atom. The van der Waals surface area contributed by atoms with Gasteiger partial charge < -0.3 is 15.3 Å². The molecule has 2 N–H and O–H groups in total. The van der Waals surface area contributed by atoms with Crippen LogP contribution < -0.4 is 5.32 Å². The first kappa shape index (κ1) is 16.3. The number of hydrogen-bond donors (Lipinski definition) is 2. The maximum atomic E-state index is 9.29. The first-order chi connectivity index (χ1) is 11.2. The SMILES string of the molecule is CN1CCC(Nc2cc(-c3ccc(Cl)cc3)nn2CCO)CC1. The number of aliphatic hydroxyl groups is 1. The highest BCUT2D eigenvalue weighted by molar-refractivity contribution is 6.30. The van der Waals surface area contributed by atoms with Crippen LogP contribution in [0.3, 0.4) is 0 Å². The van der Waals surface area contributed by atoms with Crippen LogP contribution in [-0.4, -0.2) is 52.6 Å². The van der Waals surface area contributed by atoms with Crippen molar-refractivity contribution >= 4 is 17.4 Å². The van der Waals surface area contributed by atoms with Gasteiger partial charge in [-0.25, -0.2) is 4.68 Å². The molecule has 0 amide bonds. The van der Waals surface area contributed by atoms with E-state index in [1.165, 1.54) is 0 Å². The number of benzene rings is 1. The zero-order valence-corrected chi connectivity index (χ0v) is 14.1. The van der Waals surface area contributed by atoms with Gasteiger partial charge in [-0.15, -0.1) is 0 Å². The van der Waals surface area contributed by atoms with Gasteiger partial charge in [-0.2, -0.15) is 5.10 Å². The molecular formula is C17H23ClN4O. The van der Waals surface area contributed by atoms with Gasteiger partial charge in [0.25, 0.3) is 0 Å². The third-order valence-electron chi connectivity index (χ3n) is 4.30. The zero-order valence-electron chi connectivity index (χ0n) is 13.4. The lowest BCUT2D eigenvalue weighted by Crippen LogP contribution is -2.37. The van der Waals surface area contributed by atoms with Crippen LogP contribution in [0.2, 0.25) is 5.02 Å². The Balaban J connectivity index is 1.79. The fraction of sp³-hybridized carbons (Fsp3) is 0.471. The highest BCUT2D eigenvalue weighted by Gasteiger charge is 2.18. The molecule has 0 unspecified atom stereocenters. The Bertz CT molecular complexity index is 633. The topological polar surface area (TPSA) is 53.3 Å². The molecular weight excluding hydrogens is 312 g/mol. The lowest BCUT2D eigenvalue weighted by molar-refractivity contribution is 0.260. The van der Waals surface area contributed by atoms with Crippen molar-refractivity contribution in [2.75, 3.05) is 32.1 Å². The molecule has 1 aliphatic rings. The van der Waals surface area contributed by atoms with Gasteiger partial charge in [-0.3, -0.25) is 0 Å². The molecule has 1 fully saturated rings. The number of rotatable bonds is 5. The molecule has 0 bridgehead atoms. The monoisotopic (exact) mass is 334 g/mol. The van der Waals surface area contributed by atoms with Gasteiger partial charge in [0.2, 0.25) is 0 Å². The van der Waals surface area contributed by atoms with Crippen molar-refractivity contribution in [3.05, 3.63) is 35.4 Å². The molecule has 1 saturated heterocycles. The quantitative estimate of drug-likeness (QED) is 0.882. The number of piperidine rings is 1. The van der Waals surface area contributed by atoms with Crippen LogP contribution in [0.25, 0.3) is 11.3 Å². The minimum absolute atomic E-state index is 0.0732. The van der Waals surface area contributed by atoms with E-state index in [1.54, 1.807) is 0 Å². The van der Waals surface area contributed by atoms with Crippen molar-refractivity contribution in [3.63, 3.8) is 0 Å². The predicted molar refractivity (Wildman–Crippen MR) is 93.9 cm³/mol. The molecule has 23 heavy (non-hydrogen) atoms. The summed E-state index contributed by atoms with van der Waals surface area (Å²) in [5.41, 5.74) is 1.92. The fourth-order valence-corrected chi connectivity index (χ4v) is 3.05. The lowest BCUT2D eigenvalue weighted by atomic mass is 10.1. The van der Waals surface area contributed by atoms with Crippen molar-refractivity contribution in [3.8, 4) is 11.3 Å². The van der Waals surface area contributed by atoms with E-state index in [9.17, 15) is 5.11 Å². The lowest BCUT2D eigenvalue weighted by Gasteiger charge is -2.30. The first-order valence-corrected chi connectivity index (χ1v) is 8.43. The third kappa shape index (κ3) is 4.05. The summed E-state index contributed by atoms with van der Waals surface area (Å²) in [6.07, 6.45) is 2.24. The summed E-state index contributed by atoms with van der Waals surface area (Å²) in [7, 11) is 2.16. The van der Waals surface area contributed by atoms with Crippen LogP contribution in [0.4, 0.5) is 5.82 Å². The second-order valence-electron chi connectivity index (χ2n) is 6.09. The molecule has 1 aliphatic heterocycles. The summed E-state index contributed by atoms with van der Waals surface area (Å²) in [6.45, 7) is 2.78. The Morgan fingerprint density at radius 1 is 1.26 bits per heavy atom. The largest absolute Gasteiger partial charge is 0.394 e. The van der Waals surface area contributed by atoms with Crippen LogP contribution in [-0.2, 0) is 6.54 Å². The fourth-order valence-electron chi connectivity index (χ4n) is 2.92. The Labute approximate surface area is 141 Å². The van der Waals surface area contributed by atoms with Gasteiger partial charge >= 0.3 is 0 Å². The third-order valence-corrected chi connectivity index (χ3v) is 4.55. The average molecular weight is 335 g/mol. The standard InChI is InChI=1S/C17H23ClN4O/c1-21-8-6-15(7-9-21)19-17-12-16(20-22(17)10-11-23)13-2-4-14(18)5-3-13/h2-5,12,15,19,23H,6-11H2,1H3. The number of likely N-dealkylation sites (tertiary alicyclic amines) is 1. The van der Waals surface area contributed by atoms with E-state index >= 15 is 0 Å². The summed E-state index contributed by atoms with van der Waals surface area (Å²) in [5.74, 6) is 0.971. The van der Waals surface area contributed by atoms with Crippen molar-refractivity contribution in [2.45, 2.75) is 25.4 Å². The van der Waals surface area contributed by atoms with Gasteiger partial charge in [0, 0.05) is 22.7 Å². The molecule has 3 rings (SSSR count). The molecule has 2 aromatic rings. The number of nitrogens with one attached hydrogen (secondary N) is 1. The highest BCUT2D eigenvalue weighted by atomic mass is 35.5. The molecule has 0 spiro atoms. The van der Waals surface area contributed by atoms with Crippen molar-refractivity contribution in [1.82, 2.24) is 14.7 Å².